The van der Waals surface area contributed by atoms with Crippen LogP contribution in [0.5, 0.6) is 11.5 Å². The van der Waals surface area contributed by atoms with Gasteiger partial charge < -0.3 is 23.5 Å². The topological polar surface area (TPSA) is 46.7 Å². The van der Waals surface area contributed by atoms with Gasteiger partial charge in [-0.2, -0.15) is 12.1 Å². The van der Waals surface area contributed by atoms with E-state index in [2.05, 4.69) is 163 Å². The number of para-hydroxylation sites is 3. The van der Waals surface area contributed by atoms with Crippen molar-refractivity contribution in [3.8, 4) is 28.4 Å². The van der Waals surface area contributed by atoms with Crippen molar-refractivity contribution in [2.24, 2.45) is 0 Å². The molecule has 0 saturated heterocycles. The van der Waals surface area contributed by atoms with Gasteiger partial charge >= 0.3 is 0 Å². The molecule has 10 aromatic rings. The molecule has 0 aliphatic carbocycles. The van der Waals surface area contributed by atoms with Crippen molar-refractivity contribution in [1.29, 1.82) is 0 Å². The van der Waals surface area contributed by atoms with Gasteiger partial charge in [-0.1, -0.05) is 105 Å². The first-order valence-corrected chi connectivity index (χ1v) is 19.5. The van der Waals surface area contributed by atoms with Crippen LogP contribution in [0.2, 0.25) is 0 Å². The van der Waals surface area contributed by atoms with Crippen molar-refractivity contribution in [1.82, 2.24) is 9.55 Å². The van der Waals surface area contributed by atoms with E-state index in [-0.39, 0.29) is 26.5 Å². The minimum absolute atomic E-state index is 0. The van der Waals surface area contributed by atoms with E-state index >= 15 is 0 Å². The maximum atomic E-state index is 6.63. The number of hydrogen-bond acceptors (Lipinski definition) is 5. The first kappa shape index (κ1) is 36.7. The molecule has 3 aromatic heterocycles. The largest absolute Gasteiger partial charge is 0.509 e. The minimum Gasteiger partial charge on any atom is -0.509 e. The molecule has 4 heterocycles. The van der Waals surface area contributed by atoms with Gasteiger partial charge in [0.1, 0.15) is 17.0 Å². The van der Waals surface area contributed by atoms with Crippen molar-refractivity contribution in [2.75, 3.05) is 9.80 Å². The molecule has 0 N–H and O–H groups in total. The Morgan fingerprint density at radius 2 is 1.32 bits per heavy atom. The SMILES string of the molecule is CC(C)(C)c1ccnc(-n2c3[c-]c(Oc4[c-]c(N5[CH-]N(c6cccc7oc8ccccc8c67)c6ccccc65)ccc4)ccc3c3cc(-c4ccccc4)ccc32)c1.[Pt]. The van der Waals surface area contributed by atoms with Gasteiger partial charge in [-0.05, 0) is 76.0 Å². The second-order valence-corrected chi connectivity index (χ2v) is 15.8. The van der Waals surface area contributed by atoms with Crippen LogP contribution in [0.3, 0.4) is 0 Å². The molecule has 0 spiro atoms. The molecule has 1 aliphatic heterocycles. The molecule has 59 heavy (non-hydrogen) atoms. The first-order chi connectivity index (χ1) is 28.4. The van der Waals surface area contributed by atoms with E-state index in [1.807, 2.05) is 54.7 Å². The molecule has 0 unspecified atom stereocenters. The normalized spacial score (nSPS) is 12.7. The van der Waals surface area contributed by atoms with Crippen LogP contribution in [0.1, 0.15) is 26.3 Å². The number of nitrogens with zero attached hydrogens (tertiary/aromatic N) is 4. The molecule has 1 aliphatic rings. The van der Waals surface area contributed by atoms with Gasteiger partial charge in [-0.25, -0.2) is 4.98 Å². The average Bonchev–Trinajstić information content (AvgIpc) is 3.93. The first-order valence-electron chi connectivity index (χ1n) is 19.5. The summed E-state index contributed by atoms with van der Waals surface area (Å²) in [7, 11) is 0. The van der Waals surface area contributed by atoms with Gasteiger partial charge in [0.25, 0.3) is 0 Å². The van der Waals surface area contributed by atoms with Crippen molar-refractivity contribution < 1.29 is 30.2 Å². The monoisotopic (exact) mass is 944 g/mol. The predicted molar refractivity (Wildman–Crippen MR) is 236 cm³/mol. The fourth-order valence-electron chi connectivity index (χ4n) is 8.25. The summed E-state index contributed by atoms with van der Waals surface area (Å²) >= 11 is 0. The zero-order valence-corrected chi connectivity index (χ0v) is 34.9. The second-order valence-electron chi connectivity index (χ2n) is 15.8. The number of benzene rings is 7. The Morgan fingerprint density at radius 1 is 0.593 bits per heavy atom. The molecular formula is C52H37N4O2Pt-3. The van der Waals surface area contributed by atoms with Gasteiger partial charge in [0, 0.05) is 72.1 Å². The molecule has 0 atom stereocenters. The van der Waals surface area contributed by atoms with Crippen molar-refractivity contribution in [3.63, 3.8) is 0 Å². The Morgan fingerprint density at radius 3 is 2.17 bits per heavy atom. The summed E-state index contributed by atoms with van der Waals surface area (Å²) in [5.41, 5.74) is 11.2. The summed E-state index contributed by atoms with van der Waals surface area (Å²) in [6.45, 7) is 8.80. The van der Waals surface area contributed by atoms with E-state index in [1.54, 1.807) is 0 Å². The minimum atomic E-state index is -0.0406. The van der Waals surface area contributed by atoms with E-state index in [4.69, 9.17) is 14.1 Å². The van der Waals surface area contributed by atoms with Crippen molar-refractivity contribution >= 4 is 66.5 Å². The van der Waals surface area contributed by atoms with Crippen LogP contribution in [-0.4, -0.2) is 9.55 Å². The number of fused-ring (bicyclic) bond motifs is 7. The molecule has 0 fully saturated rings. The summed E-state index contributed by atoms with van der Waals surface area (Å²) in [6, 6.07) is 61.6. The zero-order chi connectivity index (χ0) is 39.0. The molecule has 0 amide bonds. The van der Waals surface area contributed by atoms with Gasteiger partial charge in [0.15, 0.2) is 0 Å². The Bertz CT molecular complexity index is 3200. The summed E-state index contributed by atoms with van der Waals surface area (Å²) in [6.07, 6.45) is 1.90. The van der Waals surface area contributed by atoms with Crippen LogP contribution < -0.4 is 14.5 Å². The maximum Gasteiger partial charge on any atom is 0.137 e. The van der Waals surface area contributed by atoms with Gasteiger partial charge in [-0.3, -0.25) is 0 Å². The number of hydrogen-bond donors (Lipinski definition) is 0. The molecule has 7 aromatic carbocycles. The quantitative estimate of drug-likeness (QED) is 0.155. The predicted octanol–water partition coefficient (Wildman–Crippen LogP) is 13.8. The Hall–Kier alpha value is -6.62. The van der Waals surface area contributed by atoms with E-state index < -0.39 is 0 Å². The fourth-order valence-corrected chi connectivity index (χ4v) is 8.25. The number of rotatable bonds is 6. The summed E-state index contributed by atoms with van der Waals surface area (Å²) in [5, 5.41) is 4.36. The number of anilines is 4. The molecular weight excluding hydrogens is 908 g/mol. The van der Waals surface area contributed by atoms with Gasteiger partial charge in [0.2, 0.25) is 0 Å². The van der Waals surface area contributed by atoms with Crippen LogP contribution in [-0.2, 0) is 26.5 Å². The fraction of sp³-hybridized carbons (Fsp3) is 0.0769. The van der Waals surface area contributed by atoms with Gasteiger partial charge in [0.05, 0.1) is 0 Å². The number of furan rings is 1. The third-order valence-corrected chi connectivity index (χ3v) is 11.1. The third kappa shape index (κ3) is 6.27. The Labute approximate surface area is 357 Å². The third-order valence-electron chi connectivity index (χ3n) is 11.1. The van der Waals surface area contributed by atoms with Crippen molar-refractivity contribution in [2.45, 2.75) is 26.2 Å². The van der Waals surface area contributed by atoms with E-state index in [0.717, 1.165) is 77.9 Å². The number of ether oxygens (including phenoxy) is 1. The smallest absolute Gasteiger partial charge is 0.137 e. The molecule has 11 rings (SSSR count). The van der Waals surface area contributed by atoms with Crippen LogP contribution in [0.15, 0.2) is 168 Å². The Balaban J connectivity index is 0.00000420. The van der Waals surface area contributed by atoms with Crippen LogP contribution in [0.4, 0.5) is 22.7 Å². The number of pyridine rings is 1. The molecule has 0 radical (unpaired) electrons. The molecule has 0 bridgehead atoms. The second kappa shape index (κ2) is 14.3. The average molecular weight is 945 g/mol. The van der Waals surface area contributed by atoms with E-state index in [9.17, 15) is 0 Å². The molecule has 0 saturated carbocycles. The Kier molecular flexibility index (Phi) is 8.92. The molecule has 290 valence electrons. The molecule has 7 heteroatoms. The van der Waals surface area contributed by atoms with Gasteiger partial charge in [-0.15, -0.1) is 48.1 Å². The maximum absolute atomic E-state index is 6.63. The van der Waals surface area contributed by atoms with Crippen LogP contribution in [0, 0.1) is 18.8 Å². The summed E-state index contributed by atoms with van der Waals surface area (Å²) in [5.74, 6) is 2.02. The van der Waals surface area contributed by atoms with Crippen LogP contribution in [0.25, 0.3) is 60.7 Å². The van der Waals surface area contributed by atoms with E-state index in [0.29, 0.717) is 11.5 Å². The number of aromatic nitrogens is 2. The molecule has 6 nitrogen and oxygen atoms in total. The standard InChI is InChI=1S/C52H37N4O2.Pt/c1-52(2,3)36-27-28-53-50(30-36)56-43-26-23-35(34-13-5-4-6-14-34)29-42(43)40-25-24-39(32-47(40)56)57-38-16-11-15-37(31-38)54-33-55(45-19-9-8-18-44(45)54)46-20-12-22-49-51(46)41-17-7-10-21-48(41)58-49;/h4-30,33H,1-3H3;/q-3;. The summed E-state index contributed by atoms with van der Waals surface area (Å²) in [4.78, 5) is 9.29. The summed E-state index contributed by atoms with van der Waals surface area (Å²) < 4.78 is 15.1. The zero-order valence-electron chi connectivity index (χ0n) is 32.6. The van der Waals surface area contributed by atoms with Crippen LogP contribution >= 0.6 is 0 Å². The van der Waals surface area contributed by atoms with Crippen molar-refractivity contribution in [3.05, 3.63) is 188 Å². The van der Waals surface area contributed by atoms with E-state index in [1.165, 1.54) is 11.1 Å².